The number of anilines is 1. The van der Waals surface area contributed by atoms with E-state index in [0.29, 0.717) is 39.8 Å². The quantitative estimate of drug-likeness (QED) is 0.202. The van der Waals surface area contributed by atoms with Gasteiger partial charge in [-0.2, -0.15) is 0 Å². The van der Waals surface area contributed by atoms with Crippen LogP contribution in [0.5, 0.6) is 23.1 Å². The van der Waals surface area contributed by atoms with Gasteiger partial charge in [-0.3, -0.25) is 19.6 Å². The van der Waals surface area contributed by atoms with Crippen molar-refractivity contribution in [3.05, 3.63) is 123 Å². The number of H-pyrrole nitrogens is 1. The second-order valence-electron chi connectivity index (χ2n) is 9.46. The Hall–Kier alpha value is -5.42. The maximum atomic E-state index is 12.3. The zero-order valence-electron chi connectivity index (χ0n) is 22.4. The van der Waals surface area contributed by atoms with Gasteiger partial charge in [0.2, 0.25) is 5.88 Å². The molecule has 0 fully saturated rings. The van der Waals surface area contributed by atoms with E-state index in [-0.39, 0.29) is 23.3 Å². The number of rotatable bonds is 9. The molecule has 3 aromatic heterocycles. The number of hydrogen-bond donors (Lipinski definition) is 3. The van der Waals surface area contributed by atoms with Gasteiger partial charge in [0.1, 0.15) is 29.7 Å². The van der Waals surface area contributed by atoms with Gasteiger partial charge in [0.05, 0.1) is 21.5 Å². The Morgan fingerprint density at radius 2 is 1.79 bits per heavy atom. The monoisotopic (exact) mass is 579 g/mol. The van der Waals surface area contributed by atoms with Crippen LogP contribution in [0.25, 0.3) is 11.0 Å². The number of carbonyl (C=O) groups is 1. The number of ether oxygens (including phenoxy) is 2. The number of aryl methyl sites for hydroxylation is 1. The predicted molar refractivity (Wildman–Crippen MR) is 160 cm³/mol. The van der Waals surface area contributed by atoms with Crippen LogP contribution in [-0.4, -0.2) is 30.5 Å². The number of nitrogens with zero attached hydrogens (tertiary/aromatic N) is 3. The highest BCUT2D eigenvalue weighted by atomic mass is 32.1. The Morgan fingerprint density at radius 3 is 2.50 bits per heavy atom. The number of amides is 1. The van der Waals surface area contributed by atoms with Crippen molar-refractivity contribution in [2.45, 2.75) is 13.0 Å². The van der Waals surface area contributed by atoms with Crippen molar-refractivity contribution in [2.75, 3.05) is 5.32 Å². The Kier molecular flexibility index (Phi) is 7.39. The molecule has 0 aliphatic carbocycles. The number of benzene rings is 3. The number of nitrogens with one attached hydrogen (secondary N) is 2. The molecule has 210 valence electrons. The van der Waals surface area contributed by atoms with Crippen molar-refractivity contribution in [2.24, 2.45) is 7.05 Å². The van der Waals surface area contributed by atoms with Crippen LogP contribution >= 0.6 is 11.3 Å². The molecular formula is C31H25N5O5S. The third kappa shape index (κ3) is 6.01. The van der Waals surface area contributed by atoms with E-state index >= 15 is 0 Å². The molecule has 6 rings (SSSR count). The largest absolute Gasteiger partial charge is 0.494 e. The molecule has 0 saturated carbocycles. The van der Waals surface area contributed by atoms with Crippen LogP contribution in [-0.2, 0) is 20.1 Å². The molecule has 0 unspecified atom stereocenters. The minimum Gasteiger partial charge on any atom is -0.494 e. The van der Waals surface area contributed by atoms with Crippen LogP contribution in [0.3, 0.4) is 0 Å². The summed E-state index contributed by atoms with van der Waals surface area (Å²) >= 11 is 0.999. The lowest BCUT2D eigenvalue weighted by atomic mass is 10.1. The minimum atomic E-state index is -0.276. The SMILES string of the molecule is Cn1c(COc2ccc(Cc3sc(=O)[nH]c3O)cc2)nc2ccc(Oc3ccc(NC(=O)c4cccnc4)cc3)cc21. The van der Waals surface area contributed by atoms with E-state index in [1.54, 1.807) is 42.6 Å². The fourth-order valence-corrected chi connectivity index (χ4v) is 5.12. The number of imidazole rings is 1. The first-order valence-electron chi connectivity index (χ1n) is 13.0. The lowest BCUT2D eigenvalue weighted by Gasteiger charge is -2.09. The second-order valence-corrected chi connectivity index (χ2v) is 10.5. The second kappa shape index (κ2) is 11.6. The summed E-state index contributed by atoms with van der Waals surface area (Å²) in [6.45, 7) is 0.271. The molecule has 10 nitrogen and oxygen atoms in total. The zero-order chi connectivity index (χ0) is 29.1. The summed E-state index contributed by atoms with van der Waals surface area (Å²) in [7, 11) is 1.93. The molecule has 0 aliphatic rings. The van der Waals surface area contributed by atoms with Crippen molar-refractivity contribution in [3.8, 4) is 23.1 Å². The molecule has 0 saturated heterocycles. The van der Waals surface area contributed by atoms with Crippen LogP contribution < -0.4 is 19.7 Å². The van der Waals surface area contributed by atoms with E-state index in [9.17, 15) is 14.7 Å². The van der Waals surface area contributed by atoms with Gasteiger partial charge in [0.25, 0.3) is 5.91 Å². The normalized spacial score (nSPS) is 11.0. The third-order valence-electron chi connectivity index (χ3n) is 6.57. The van der Waals surface area contributed by atoms with Crippen LogP contribution in [0.1, 0.15) is 26.6 Å². The van der Waals surface area contributed by atoms with Crippen LogP contribution in [0.2, 0.25) is 0 Å². The number of aromatic nitrogens is 4. The highest BCUT2D eigenvalue weighted by Crippen LogP contribution is 2.28. The highest BCUT2D eigenvalue weighted by molar-refractivity contribution is 7.09. The van der Waals surface area contributed by atoms with E-state index in [0.717, 1.165) is 33.8 Å². The predicted octanol–water partition coefficient (Wildman–Crippen LogP) is 5.64. The van der Waals surface area contributed by atoms with E-state index in [1.165, 1.54) is 6.20 Å². The Labute approximate surface area is 243 Å². The maximum Gasteiger partial charge on any atom is 0.307 e. The lowest BCUT2D eigenvalue weighted by molar-refractivity contribution is 0.102. The van der Waals surface area contributed by atoms with Gasteiger partial charge in [0, 0.05) is 37.6 Å². The summed E-state index contributed by atoms with van der Waals surface area (Å²) < 4.78 is 14.0. The Bertz CT molecular complexity index is 1910. The molecular weight excluding hydrogens is 554 g/mol. The first kappa shape index (κ1) is 26.8. The molecule has 6 aromatic rings. The van der Waals surface area contributed by atoms with Crippen molar-refractivity contribution in [1.29, 1.82) is 0 Å². The standard InChI is InChI=1S/C31H25N5O5S/c1-36-26-16-24(41-23-10-6-21(7-11-23)33-29(37)20-3-2-14-32-17-20)12-13-25(26)34-28(36)18-40-22-8-4-19(5-9-22)15-27-30(38)35-31(39)42-27/h2-14,16-17,38H,15,18H2,1H3,(H,33,37)(H,35,39). The zero-order valence-corrected chi connectivity index (χ0v) is 23.2. The number of aromatic amines is 1. The third-order valence-corrected chi connectivity index (χ3v) is 7.44. The molecule has 3 heterocycles. The summed E-state index contributed by atoms with van der Waals surface area (Å²) in [5.41, 5.74) is 3.80. The van der Waals surface area contributed by atoms with Crippen LogP contribution in [0, 0.1) is 0 Å². The maximum absolute atomic E-state index is 12.3. The minimum absolute atomic E-state index is 0.0821. The van der Waals surface area contributed by atoms with Crippen molar-refractivity contribution < 1.29 is 19.4 Å². The molecule has 0 radical (unpaired) electrons. The van der Waals surface area contributed by atoms with Crippen LogP contribution in [0.4, 0.5) is 5.69 Å². The average Bonchev–Trinajstić information content (AvgIpc) is 3.50. The lowest BCUT2D eigenvalue weighted by Crippen LogP contribution is -2.11. The number of thiazole rings is 1. The van der Waals surface area contributed by atoms with Gasteiger partial charge in [-0.25, -0.2) is 4.98 Å². The van der Waals surface area contributed by atoms with Gasteiger partial charge >= 0.3 is 4.87 Å². The smallest absolute Gasteiger partial charge is 0.307 e. The molecule has 0 spiro atoms. The van der Waals surface area contributed by atoms with Gasteiger partial charge in [0.15, 0.2) is 0 Å². The first-order chi connectivity index (χ1) is 20.4. The molecule has 3 N–H and O–H groups in total. The fraction of sp³-hybridized carbons (Fsp3) is 0.0968. The number of fused-ring (bicyclic) bond motifs is 1. The summed E-state index contributed by atoms with van der Waals surface area (Å²) in [5.74, 6) is 2.40. The van der Waals surface area contributed by atoms with Gasteiger partial charge in [-0.1, -0.05) is 23.5 Å². The number of carbonyl (C=O) groups excluding carboxylic acids is 1. The van der Waals surface area contributed by atoms with E-state index in [4.69, 9.17) is 14.5 Å². The van der Waals surface area contributed by atoms with Gasteiger partial charge < -0.3 is 24.5 Å². The molecule has 3 aromatic carbocycles. The Morgan fingerprint density at radius 1 is 1.02 bits per heavy atom. The van der Waals surface area contributed by atoms with Crippen molar-refractivity contribution in [1.82, 2.24) is 19.5 Å². The van der Waals surface area contributed by atoms with Crippen LogP contribution in [0.15, 0.2) is 96.1 Å². The molecule has 1 amide bonds. The van der Waals surface area contributed by atoms with Crippen molar-refractivity contribution in [3.63, 3.8) is 0 Å². The molecule has 0 bridgehead atoms. The molecule has 0 aliphatic heterocycles. The molecule has 0 atom stereocenters. The van der Waals surface area contributed by atoms with E-state index in [2.05, 4.69) is 15.3 Å². The fourth-order valence-electron chi connectivity index (χ4n) is 4.36. The number of aromatic hydroxyl groups is 1. The number of hydrogen-bond acceptors (Lipinski definition) is 8. The summed E-state index contributed by atoms with van der Waals surface area (Å²) in [6, 6.07) is 23.7. The first-order valence-corrected chi connectivity index (χ1v) is 13.8. The Balaban J connectivity index is 1.08. The summed E-state index contributed by atoms with van der Waals surface area (Å²) in [6.07, 6.45) is 3.59. The number of pyridine rings is 1. The molecule has 11 heteroatoms. The topological polar surface area (TPSA) is 131 Å². The van der Waals surface area contributed by atoms with E-state index < -0.39 is 0 Å². The average molecular weight is 580 g/mol. The molecule has 42 heavy (non-hydrogen) atoms. The summed E-state index contributed by atoms with van der Waals surface area (Å²) in [4.78, 5) is 35.1. The summed E-state index contributed by atoms with van der Waals surface area (Å²) in [5, 5.41) is 12.6. The van der Waals surface area contributed by atoms with Gasteiger partial charge in [-0.15, -0.1) is 0 Å². The van der Waals surface area contributed by atoms with E-state index in [1.807, 2.05) is 54.1 Å². The van der Waals surface area contributed by atoms with Crippen molar-refractivity contribution >= 4 is 34.0 Å². The highest BCUT2D eigenvalue weighted by Gasteiger charge is 2.12. The van der Waals surface area contributed by atoms with Gasteiger partial charge in [-0.05, 0) is 66.2 Å².